The van der Waals surface area contributed by atoms with E-state index in [9.17, 15) is 12.8 Å². The predicted molar refractivity (Wildman–Crippen MR) is 47.5 cm³/mol. The van der Waals surface area contributed by atoms with Crippen LogP contribution in [0.4, 0.5) is 4.39 Å². The van der Waals surface area contributed by atoms with E-state index in [1.54, 1.807) is 6.92 Å². The Morgan fingerprint density at radius 1 is 1.50 bits per heavy atom. The van der Waals surface area contributed by atoms with E-state index < -0.39 is 16.5 Å². The molecule has 74 valence electrons. The third-order valence-corrected chi connectivity index (χ3v) is 3.52. The van der Waals surface area contributed by atoms with Crippen molar-refractivity contribution in [2.45, 2.75) is 13.3 Å². The summed E-state index contributed by atoms with van der Waals surface area (Å²) in [5.74, 6) is -0.0215. The molecule has 0 aromatic rings. The summed E-state index contributed by atoms with van der Waals surface area (Å²) in [6, 6.07) is 0. The van der Waals surface area contributed by atoms with Gasteiger partial charge in [-0.05, 0) is 18.9 Å². The van der Waals surface area contributed by atoms with Gasteiger partial charge < -0.3 is 5.73 Å². The maximum Gasteiger partial charge on any atom is 0.150 e. The van der Waals surface area contributed by atoms with Crippen LogP contribution in [0.2, 0.25) is 0 Å². The summed E-state index contributed by atoms with van der Waals surface area (Å²) in [6.07, 6.45) is 0.0968. The third kappa shape index (κ3) is 5.49. The smallest absolute Gasteiger partial charge is 0.150 e. The monoisotopic (exact) mass is 197 g/mol. The molecular weight excluding hydrogens is 181 g/mol. The quantitative estimate of drug-likeness (QED) is 0.668. The first-order valence-electron chi connectivity index (χ1n) is 3.98. The van der Waals surface area contributed by atoms with Crippen LogP contribution in [-0.4, -0.2) is 33.1 Å². The van der Waals surface area contributed by atoms with Crippen molar-refractivity contribution >= 4 is 9.84 Å². The van der Waals surface area contributed by atoms with E-state index in [1.807, 2.05) is 0 Å². The Bertz CT molecular complexity index is 203. The molecule has 0 aliphatic rings. The first kappa shape index (κ1) is 11.8. The van der Waals surface area contributed by atoms with E-state index >= 15 is 0 Å². The molecule has 0 saturated heterocycles. The van der Waals surface area contributed by atoms with E-state index in [0.717, 1.165) is 0 Å². The SMILES string of the molecule is CC(CN)CS(=O)(=O)CCCF. The molecule has 0 bridgehead atoms. The second-order valence-electron chi connectivity index (χ2n) is 3.00. The molecular formula is C7H16FNO2S. The highest BCUT2D eigenvalue weighted by molar-refractivity contribution is 7.91. The molecule has 0 rings (SSSR count). The molecule has 12 heavy (non-hydrogen) atoms. The summed E-state index contributed by atoms with van der Waals surface area (Å²) in [5.41, 5.74) is 5.27. The minimum atomic E-state index is -3.08. The second-order valence-corrected chi connectivity index (χ2v) is 5.23. The molecule has 3 nitrogen and oxygen atoms in total. The summed E-state index contributed by atoms with van der Waals surface area (Å²) in [7, 11) is -3.08. The Balaban J connectivity index is 3.88. The second kappa shape index (κ2) is 5.48. The predicted octanol–water partition coefficient (Wildman–Crippen LogP) is 0.356. The van der Waals surface area contributed by atoms with Crippen molar-refractivity contribution in [2.24, 2.45) is 11.7 Å². The van der Waals surface area contributed by atoms with Gasteiger partial charge in [0.1, 0.15) is 0 Å². The van der Waals surface area contributed by atoms with Gasteiger partial charge in [-0.25, -0.2) is 8.42 Å². The van der Waals surface area contributed by atoms with Crippen LogP contribution < -0.4 is 5.73 Å². The largest absolute Gasteiger partial charge is 0.330 e. The molecule has 1 unspecified atom stereocenters. The highest BCUT2D eigenvalue weighted by Crippen LogP contribution is 2.01. The Morgan fingerprint density at radius 2 is 2.08 bits per heavy atom. The fourth-order valence-corrected chi connectivity index (χ4v) is 2.58. The van der Waals surface area contributed by atoms with Gasteiger partial charge in [0, 0.05) is 0 Å². The average Bonchev–Trinajstić information content (AvgIpc) is 2.00. The molecule has 0 amide bonds. The first-order chi connectivity index (χ1) is 5.52. The summed E-state index contributed by atoms with van der Waals surface area (Å²) in [5, 5.41) is 0. The summed E-state index contributed by atoms with van der Waals surface area (Å²) in [4.78, 5) is 0. The number of hydrogen-bond acceptors (Lipinski definition) is 3. The highest BCUT2D eigenvalue weighted by atomic mass is 32.2. The lowest BCUT2D eigenvalue weighted by molar-refractivity contribution is 0.483. The van der Waals surface area contributed by atoms with Crippen LogP contribution in [0, 0.1) is 5.92 Å². The van der Waals surface area contributed by atoms with Gasteiger partial charge in [-0.15, -0.1) is 0 Å². The summed E-state index contributed by atoms with van der Waals surface area (Å²) < 4.78 is 33.9. The zero-order valence-electron chi connectivity index (χ0n) is 7.29. The minimum Gasteiger partial charge on any atom is -0.330 e. The molecule has 0 heterocycles. The number of alkyl halides is 1. The normalized spacial score (nSPS) is 14.6. The van der Waals surface area contributed by atoms with E-state index in [0.29, 0.717) is 6.54 Å². The van der Waals surface area contributed by atoms with Gasteiger partial charge in [-0.1, -0.05) is 6.92 Å². The Hall–Kier alpha value is -0.160. The van der Waals surface area contributed by atoms with E-state index in [4.69, 9.17) is 5.73 Å². The zero-order chi connectivity index (χ0) is 9.61. The molecule has 0 aromatic heterocycles. The van der Waals surface area contributed by atoms with Crippen LogP contribution in [0.25, 0.3) is 0 Å². The molecule has 5 heteroatoms. The van der Waals surface area contributed by atoms with Gasteiger partial charge in [-0.2, -0.15) is 0 Å². The van der Waals surface area contributed by atoms with Crippen LogP contribution >= 0.6 is 0 Å². The van der Waals surface area contributed by atoms with Crippen molar-refractivity contribution in [3.8, 4) is 0 Å². The maximum absolute atomic E-state index is 11.7. The Kier molecular flexibility index (Phi) is 5.41. The van der Waals surface area contributed by atoms with Crippen LogP contribution in [0.3, 0.4) is 0 Å². The highest BCUT2D eigenvalue weighted by Gasteiger charge is 2.14. The van der Waals surface area contributed by atoms with Gasteiger partial charge in [0.05, 0.1) is 18.2 Å². The van der Waals surface area contributed by atoms with Crippen molar-refractivity contribution in [3.63, 3.8) is 0 Å². The third-order valence-electron chi connectivity index (χ3n) is 1.53. The van der Waals surface area contributed by atoms with Gasteiger partial charge in [0.15, 0.2) is 9.84 Å². The van der Waals surface area contributed by atoms with E-state index in [2.05, 4.69) is 0 Å². The van der Waals surface area contributed by atoms with Gasteiger partial charge >= 0.3 is 0 Å². The van der Waals surface area contributed by atoms with Gasteiger partial charge in [0.2, 0.25) is 0 Å². The number of hydrogen-bond donors (Lipinski definition) is 1. The van der Waals surface area contributed by atoms with E-state index in [-0.39, 0.29) is 23.8 Å². The molecule has 0 aromatic carbocycles. The first-order valence-corrected chi connectivity index (χ1v) is 5.80. The Morgan fingerprint density at radius 3 is 2.50 bits per heavy atom. The summed E-state index contributed by atoms with van der Waals surface area (Å²) >= 11 is 0. The van der Waals surface area contributed by atoms with Crippen LogP contribution in [0.5, 0.6) is 0 Å². The number of halogens is 1. The fraction of sp³-hybridized carbons (Fsp3) is 1.00. The van der Waals surface area contributed by atoms with Crippen LogP contribution in [0.15, 0.2) is 0 Å². The van der Waals surface area contributed by atoms with Crippen molar-refractivity contribution in [3.05, 3.63) is 0 Å². The molecule has 0 radical (unpaired) electrons. The average molecular weight is 197 g/mol. The fourth-order valence-electron chi connectivity index (χ4n) is 0.859. The van der Waals surface area contributed by atoms with E-state index in [1.165, 1.54) is 0 Å². The van der Waals surface area contributed by atoms with Crippen molar-refractivity contribution in [1.29, 1.82) is 0 Å². The maximum atomic E-state index is 11.7. The summed E-state index contributed by atoms with van der Waals surface area (Å²) in [6.45, 7) is 1.55. The molecule has 1 atom stereocenters. The number of sulfone groups is 1. The molecule has 2 N–H and O–H groups in total. The standard InChI is InChI=1S/C7H16FNO2S/c1-7(5-9)6-12(10,11)4-2-3-8/h7H,2-6,9H2,1H3. The molecule has 0 saturated carbocycles. The van der Waals surface area contributed by atoms with Gasteiger partial charge in [-0.3, -0.25) is 4.39 Å². The van der Waals surface area contributed by atoms with Crippen LogP contribution in [-0.2, 0) is 9.84 Å². The number of rotatable bonds is 6. The lowest BCUT2D eigenvalue weighted by atomic mass is 10.2. The minimum absolute atomic E-state index is 0.0328. The van der Waals surface area contributed by atoms with Crippen molar-refractivity contribution < 1.29 is 12.8 Å². The molecule has 0 aliphatic heterocycles. The lowest BCUT2D eigenvalue weighted by Gasteiger charge is -2.07. The van der Waals surface area contributed by atoms with Crippen molar-refractivity contribution in [2.75, 3.05) is 24.7 Å². The molecule has 0 aliphatic carbocycles. The lowest BCUT2D eigenvalue weighted by Crippen LogP contribution is -2.23. The Labute approximate surface area is 73.1 Å². The van der Waals surface area contributed by atoms with Gasteiger partial charge in [0.25, 0.3) is 0 Å². The molecule has 0 spiro atoms. The van der Waals surface area contributed by atoms with Crippen molar-refractivity contribution in [1.82, 2.24) is 0 Å². The topological polar surface area (TPSA) is 60.2 Å². The van der Waals surface area contributed by atoms with Crippen LogP contribution in [0.1, 0.15) is 13.3 Å². The molecule has 0 fully saturated rings. The number of nitrogens with two attached hydrogens (primary N) is 1. The zero-order valence-corrected chi connectivity index (χ0v) is 8.11.